The first-order chi connectivity index (χ1) is 42.2. The van der Waals surface area contributed by atoms with E-state index in [2.05, 4.69) is 136 Å². The van der Waals surface area contributed by atoms with Crippen molar-refractivity contribution in [1.82, 2.24) is 4.98 Å². The smallest absolute Gasteiger partial charge is 0.233 e. The second-order valence-electron chi connectivity index (χ2n) is 26.9. The number of benzene rings is 3. The van der Waals surface area contributed by atoms with Gasteiger partial charge in [0.25, 0.3) is 0 Å². The first-order valence-electron chi connectivity index (χ1n) is 35.9. The fourth-order valence-corrected chi connectivity index (χ4v) is 16.5. The third kappa shape index (κ3) is 19.9. The van der Waals surface area contributed by atoms with Crippen LogP contribution < -0.4 is 0 Å². The van der Waals surface area contributed by atoms with Crippen molar-refractivity contribution in [2.45, 2.75) is 321 Å². The summed E-state index contributed by atoms with van der Waals surface area (Å²) in [6, 6.07) is 20.8. The van der Waals surface area contributed by atoms with E-state index in [1.165, 1.54) is 301 Å². The zero-order chi connectivity index (χ0) is 60.7. The normalized spacial score (nSPS) is 18.3. The lowest BCUT2D eigenvalue weighted by atomic mass is 9.70. The predicted octanol–water partition coefficient (Wildman–Crippen LogP) is 26.0. The lowest BCUT2D eigenvalue weighted by Gasteiger charge is -2.33. The standard InChI is InChI=1S/C80H116Br2N2O2/c1-5-8-10-12-14-16-30-34-38-42-55-79(56-43-39-35-31-17-15-13-11-9-6-2)71(67(46-7-3)69-51-48-65(81)60-73(69)79)53-54-75-63(4)76(78(86)84-75)77(83-62-85)64-47-50-68-70-52-49-66(82)61-74(70)80(72(68)59-64)57-44-40-36-32-28-26-24-22-20-18-19-21-23-25-27-29-33-37-41-45-58-80/h7,46-53,59-62,84,86H,3,5-6,8-45,54-58H2,1-2,4H3/b67-46?,71-53+,83-77?. The van der Waals surface area contributed by atoms with E-state index >= 15 is 0 Å². The molecule has 0 bridgehead atoms. The Bertz CT molecular complexity index is 2710. The number of carbonyl (C=O) groups excluding carboxylic acids is 1. The van der Waals surface area contributed by atoms with E-state index in [1.807, 2.05) is 6.08 Å². The van der Waals surface area contributed by atoms with Crippen LogP contribution in [0.15, 0.2) is 98.9 Å². The monoisotopic (exact) mass is 1290 g/mol. The zero-order valence-electron chi connectivity index (χ0n) is 54.6. The molecule has 6 heteroatoms. The van der Waals surface area contributed by atoms with Crippen LogP contribution in [0.5, 0.6) is 5.88 Å². The Kier molecular flexibility index (Phi) is 31.4. The van der Waals surface area contributed by atoms with Crippen molar-refractivity contribution < 1.29 is 9.90 Å². The van der Waals surface area contributed by atoms with Crippen LogP contribution in [0, 0.1) is 6.92 Å². The number of unbranched alkanes of at least 4 members (excludes halogenated alkanes) is 18. The Morgan fingerprint density at radius 2 is 0.953 bits per heavy atom. The van der Waals surface area contributed by atoms with Crippen molar-refractivity contribution in [2.75, 3.05) is 0 Å². The van der Waals surface area contributed by atoms with Gasteiger partial charge in [0.1, 0.15) is 0 Å². The molecule has 3 aliphatic rings. The van der Waals surface area contributed by atoms with Gasteiger partial charge in [0.05, 0.1) is 11.3 Å². The summed E-state index contributed by atoms with van der Waals surface area (Å²) in [7, 11) is 0. The number of aromatic nitrogens is 1. The average molecular weight is 1300 g/mol. The largest absolute Gasteiger partial charge is 0.494 e. The van der Waals surface area contributed by atoms with Gasteiger partial charge in [-0.15, -0.1) is 0 Å². The molecule has 4 nitrogen and oxygen atoms in total. The van der Waals surface area contributed by atoms with Gasteiger partial charge < -0.3 is 10.1 Å². The van der Waals surface area contributed by atoms with E-state index in [9.17, 15) is 9.90 Å². The minimum absolute atomic E-state index is 0.0747. The molecule has 0 radical (unpaired) electrons. The molecular formula is C80H116Br2N2O2. The van der Waals surface area contributed by atoms with Crippen molar-refractivity contribution in [1.29, 1.82) is 0 Å². The molecule has 86 heavy (non-hydrogen) atoms. The lowest BCUT2D eigenvalue weighted by molar-refractivity contribution is -0.106. The van der Waals surface area contributed by atoms with Crippen molar-refractivity contribution in [3.05, 3.63) is 139 Å². The third-order valence-electron chi connectivity index (χ3n) is 20.6. The highest BCUT2D eigenvalue weighted by atomic mass is 79.9. The minimum Gasteiger partial charge on any atom is -0.494 e. The molecule has 472 valence electrons. The summed E-state index contributed by atoms with van der Waals surface area (Å²) in [5, 5.41) is 12.2. The highest BCUT2D eigenvalue weighted by Crippen LogP contribution is 2.57. The molecule has 1 saturated carbocycles. The molecule has 7 rings (SSSR count). The molecule has 3 aromatic carbocycles. The molecule has 1 heterocycles. The van der Waals surface area contributed by atoms with E-state index in [-0.39, 0.29) is 16.7 Å². The molecule has 0 unspecified atom stereocenters. The van der Waals surface area contributed by atoms with Crippen LogP contribution in [0.25, 0.3) is 16.7 Å². The second kappa shape index (κ2) is 38.7. The molecule has 2 N–H and O–H groups in total. The number of H-pyrrole nitrogens is 1. The number of rotatable bonds is 28. The van der Waals surface area contributed by atoms with Crippen molar-refractivity contribution in [2.24, 2.45) is 4.99 Å². The molecule has 0 saturated heterocycles. The first-order valence-corrected chi connectivity index (χ1v) is 37.5. The van der Waals surface area contributed by atoms with Crippen molar-refractivity contribution in [3.8, 4) is 17.0 Å². The molecule has 1 amide bonds. The number of nitrogens with zero attached hydrogens (tertiary/aromatic N) is 1. The van der Waals surface area contributed by atoms with Gasteiger partial charge in [-0.25, -0.2) is 4.99 Å². The lowest BCUT2D eigenvalue weighted by Crippen LogP contribution is -2.26. The molecule has 1 spiro atoms. The number of fused-ring (bicyclic) bond motifs is 6. The van der Waals surface area contributed by atoms with Gasteiger partial charge >= 0.3 is 0 Å². The average Bonchev–Trinajstić information content (AvgIpc) is 1.75. The molecule has 0 atom stereocenters. The Hall–Kier alpha value is -3.74. The van der Waals surface area contributed by atoms with E-state index < -0.39 is 0 Å². The number of halogens is 2. The summed E-state index contributed by atoms with van der Waals surface area (Å²) in [6.45, 7) is 11.0. The van der Waals surface area contributed by atoms with Crippen LogP contribution >= 0.6 is 31.9 Å². The van der Waals surface area contributed by atoms with E-state index in [1.54, 1.807) is 0 Å². The Morgan fingerprint density at radius 1 is 0.547 bits per heavy atom. The third-order valence-corrected chi connectivity index (χ3v) is 21.6. The number of aliphatic imine (C=N–C) groups is 1. The SMILES string of the molecule is C=CC=C1/C(=C\Cc2[nH]c(O)c(C(=NC=O)c3ccc4c(c3)C3(CCCCCCCCCCCCCCCCCCCCCC3)c3cc(Br)ccc3-4)c2C)C(CCCCCCCCCCCC)(CCCCCCCCCCCC)c2cc(Br)ccc21. The Morgan fingerprint density at radius 3 is 1.41 bits per heavy atom. The fourth-order valence-electron chi connectivity index (χ4n) is 15.8. The minimum atomic E-state index is -0.155. The molecular weight excluding hydrogens is 1180 g/mol. The fraction of sp³-hybridized carbons (Fsp3) is 0.625. The molecule has 4 aromatic rings. The highest BCUT2D eigenvalue weighted by molar-refractivity contribution is 9.10. The molecule has 1 fully saturated rings. The number of amides is 1. The second-order valence-corrected chi connectivity index (χ2v) is 28.7. The number of aromatic amines is 1. The van der Waals surface area contributed by atoms with Gasteiger partial charge in [0.2, 0.25) is 6.41 Å². The summed E-state index contributed by atoms with van der Waals surface area (Å²) < 4.78 is 2.27. The molecule has 0 aliphatic heterocycles. The summed E-state index contributed by atoms with van der Waals surface area (Å²) in [4.78, 5) is 21.1. The maximum Gasteiger partial charge on any atom is 0.233 e. The zero-order valence-corrected chi connectivity index (χ0v) is 57.8. The predicted molar refractivity (Wildman–Crippen MR) is 380 cm³/mol. The van der Waals surface area contributed by atoms with Gasteiger partial charge in [-0.3, -0.25) is 4.79 Å². The van der Waals surface area contributed by atoms with E-state index in [0.29, 0.717) is 24.1 Å². The van der Waals surface area contributed by atoms with Crippen LogP contribution in [-0.4, -0.2) is 22.2 Å². The van der Waals surface area contributed by atoms with Gasteiger partial charge in [0.15, 0.2) is 5.88 Å². The van der Waals surface area contributed by atoms with Gasteiger partial charge in [-0.1, -0.05) is 352 Å². The summed E-state index contributed by atoms with van der Waals surface area (Å²) in [5.74, 6) is 0.0747. The number of allylic oxidation sites excluding steroid dienone is 5. The van der Waals surface area contributed by atoms with Crippen LogP contribution in [-0.2, 0) is 22.0 Å². The van der Waals surface area contributed by atoms with Gasteiger partial charge in [-0.05, 0) is 113 Å². The highest BCUT2D eigenvalue weighted by Gasteiger charge is 2.45. The topological polar surface area (TPSA) is 65.4 Å². The molecule has 1 aromatic heterocycles. The first kappa shape index (κ1) is 69.7. The van der Waals surface area contributed by atoms with Gasteiger partial charge in [0, 0.05) is 37.5 Å². The number of nitrogens with one attached hydrogen (secondary N) is 1. The summed E-state index contributed by atoms with van der Waals surface area (Å²) in [5.41, 5.74) is 14.5. The number of hydrogen-bond donors (Lipinski definition) is 2. The maximum atomic E-state index is 12.9. The number of aromatic hydroxyl groups is 1. The van der Waals surface area contributed by atoms with E-state index in [0.717, 1.165) is 51.4 Å². The van der Waals surface area contributed by atoms with E-state index in [4.69, 9.17) is 0 Å². The summed E-state index contributed by atoms with van der Waals surface area (Å²) in [6.07, 6.45) is 65.8. The Balaban J connectivity index is 1.19. The number of carbonyl (C=O) groups is 1. The molecule has 3 aliphatic carbocycles. The summed E-state index contributed by atoms with van der Waals surface area (Å²) >= 11 is 7.91. The number of hydrogen-bond acceptors (Lipinski definition) is 2. The quantitative estimate of drug-likeness (QED) is 0.0338. The van der Waals surface area contributed by atoms with Crippen LogP contribution in [0.4, 0.5) is 0 Å². The van der Waals surface area contributed by atoms with Crippen LogP contribution in [0.3, 0.4) is 0 Å². The van der Waals surface area contributed by atoms with Crippen LogP contribution in [0.1, 0.15) is 341 Å². The van der Waals surface area contributed by atoms with Gasteiger partial charge in [-0.2, -0.15) is 0 Å². The Labute approximate surface area is 541 Å². The van der Waals surface area contributed by atoms with Crippen molar-refractivity contribution >= 4 is 49.6 Å². The van der Waals surface area contributed by atoms with Crippen molar-refractivity contribution in [3.63, 3.8) is 0 Å². The van der Waals surface area contributed by atoms with Crippen LogP contribution in [0.2, 0.25) is 0 Å². The maximum absolute atomic E-state index is 12.9.